The van der Waals surface area contributed by atoms with Gasteiger partial charge in [0.2, 0.25) is 0 Å². The third kappa shape index (κ3) is 7.31. The van der Waals surface area contributed by atoms with Gasteiger partial charge in [-0.2, -0.15) is 0 Å². The molecule has 0 atom stereocenters. The zero-order chi connectivity index (χ0) is 18.6. The molecule has 0 aliphatic rings. The number of aromatic nitrogens is 1. The van der Waals surface area contributed by atoms with Crippen LogP contribution >= 0.6 is 11.6 Å². The second-order valence-electron chi connectivity index (χ2n) is 5.91. The van der Waals surface area contributed by atoms with Crippen molar-refractivity contribution < 1.29 is 4.74 Å². The smallest absolute Gasteiger partial charge is 0.190 e. The molecule has 0 unspecified atom stereocenters. The van der Waals surface area contributed by atoms with E-state index in [-0.39, 0.29) is 0 Å². The summed E-state index contributed by atoms with van der Waals surface area (Å²) < 4.78 is 5.68. The molecular formula is C20H27ClN4O. The van der Waals surface area contributed by atoms with E-state index in [0.29, 0.717) is 5.15 Å². The minimum absolute atomic E-state index is 0.517. The quantitative estimate of drug-likeness (QED) is 0.401. The maximum absolute atomic E-state index is 5.80. The molecule has 1 heterocycles. The number of benzene rings is 1. The topological polar surface area (TPSA) is 58.5 Å². The van der Waals surface area contributed by atoms with Crippen molar-refractivity contribution in [2.75, 3.05) is 26.7 Å². The molecule has 0 aliphatic carbocycles. The van der Waals surface area contributed by atoms with Crippen LogP contribution in [0.25, 0.3) is 0 Å². The molecule has 2 aromatic rings. The summed E-state index contributed by atoms with van der Waals surface area (Å²) in [5.41, 5.74) is 2.38. The zero-order valence-electron chi connectivity index (χ0n) is 15.5. The maximum Gasteiger partial charge on any atom is 0.190 e. The lowest BCUT2D eigenvalue weighted by atomic mass is 10.1. The van der Waals surface area contributed by atoms with Crippen LogP contribution in [0.1, 0.15) is 24.5 Å². The van der Waals surface area contributed by atoms with Gasteiger partial charge in [0.25, 0.3) is 0 Å². The third-order valence-electron chi connectivity index (χ3n) is 3.80. The van der Waals surface area contributed by atoms with Crippen LogP contribution in [-0.4, -0.2) is 37.7 Å². The molecule has 0 saturated heterocycles. The van der Waals surface area contributed by atoms with E-state index in [1.54, 1.807) is 13.2 Å². The van der Waals surface area contributed by atoms with Gasteiger partial charge in [0.05, 0.1) is 6.61 Å². The number of ether oxygens (including phenoxy) is 1. The predicted molar refractivity (Wildman–Crippen MR) is 108 cm³/mol. The van der Waals surface area contributed by atoms with Crippen LogP contribution in [0.4, 0.5) is 0 Å². The lowest BCUT2D eigenvalue weighted by molar-refractivity contribution is 0.317. The molecule has 1 aromatic carbocycles. The summed E-state index contributed by atoms with van der Waals surface area (Å²) in [5.74, 6) is 1.73. The molecule has 0 saturated carbocycles. The van der Waals surface area contributed by atoms with Gasteiger partial charge in [0.15, 0.2) is 5.96 Å². The Kier molecular flexibility index (Phi) is 8.76. The van der Waals surface area contributed by atoms with Crippen LogP contribution in [0.2, 0.25) is 5.15 Å². The summed E-state index contributed by atoms with van der Waals surface area (Å²) in [4.78, 5) is 8.34. The Balaban J connectivity index is 1.70. The lowest BCUT2D eigenvalue weighted by Gasteiger charge is -2.12. The van der Waals surface area contributed by atoms with E-state index in [1.165, 1.54) is 5.56 Å². The van der Waals surface area contributed by atoms with Gasteiger partial charge in [0, 0.05) is 26.3 Å². The number of nitrogens with zero attached hydrogens (tertiary/aromatic N) is 2. The first-order chi connectivity index (χ1) is 12.7. The first kappa shape index (κ1) is 20.0. The number of halogens is 1. The highest BCUT2D eigenvalue weighted by atomic mass is 35.5. The first-order valence-corrected chi connectivity index (χ1v) is 9.35. The molecule has 0 fully saturated rings. The van der Waals surface area contributed by atoms with Gasteiger partial charge in [0.1, 0.15) is 10.9 Å². The van der Waals surface area contributed by atoms with E-state index in [1.807, 2.05) is 24.3 Å². The van der Waals surface area contributed by atoms with Crippen molar-refractivity contribution in [1.29, 1.82) is 0 Å². The number of pyridine rings is 1. The number of aliphatic imine (C=N–C) groups is 1. The number of hydrogen-bond donors (Lipinski definition) is 2. The van der Waals surface area contributed by atoms with Crippen molar-refractivity contribution in [3.63, 3.8) is 0 Å². The molecule has 0 radical (unpaired) electrons. The third-order valence-corrected chi connectivity index (χ3v) is 4.02. The van der Waals surface area contributed by atoms with E-state index < -0.39 is 0 Å². The Bertz CT molecular complexity index is 688. The molecule has 140 valence electrons. The molecule has 1 aromatic heterocycles. The maximum atomic E-state index is 5.80. The Labute approximate surface area is 160 Å². The highest BCUT2D eigenvalue weighted by Gasteiger charge is 2.01. The monoisotopic (exact) mass is 374 g/mol. The number of hydrogen-bond acceptors (Lipinski definition) is 3. The fourth-order valence-electron chi connectivity index (χ4n) is 2.44. The van der Waals surface area contributed by atoms with Crippen LogP contribution in [-0.2, 0) is 12.8 Å². The molecule has 5 nitrogen and oxygen atoms in total. The molecule has 0 spiro atoms. The molecule has 0 amide bonds. The van der Waals surface area contributed by atoms with E-state index in [4.69, 9.17) is 16.3 Å². The number of rotatable bonds is 9. The summed E-state index contributed by atoms with van der Waals surface area (Å²) in [6.45, 7) is 4.44. The van der Waals surface area contributed by atoms with Gasteiger partial charge in [-0.05, 0) is 48.6 Å². The molecular weight excluding hydrogens is 348 g/mol. The number of nitrogens with one attached hydrogen (secondary N) is 2. The Morgan fingerprint density at radius 3 is 2.54 bits per heavy atom. The van der Waals surface area contributed by atoms with Crippen LogP contribution in [0.15, 0.2) is 47.6 Å². The molecule has 26 heavy (non-hydrogen) atoms. The Morgan fingerprint density at radius 2 is 1.88 bits per heavy atom. The fourth-order valence-corrected chi connectivity index (χ4v) is 2.55. The summed E-state index contributed by atoms with van der Waals surface area (Å²) in [7, 11) is 1.78. The van der Waals surface area contributed by atoms with E-state index in [2.05, 4.69) is 39.7 Å². The van der Waals surface area contributed by atoms with Crippen LogP contribution < -0.4 is 15.4 Å². The van der Waals surface area contributed by atoms with E-state index >= 15 is 0 Å². The second kappa shape index (κ2) is 11.4. The lowest BCUT2D eigenvalue weighted by Crippen LogP contribution is -2.39. The summed E-state index contributed by atoms with van der Waals surface area (Å²) >= 11 is 5.80. The van der Waals surface area contributed by atoms with Gasteiger partial charge in [-0.25, -0.2) is 4.98 Å². The second-order valence-corrected chi connectivity index (χ2v) is 6.30. The average Bonchev–Trinajstić information content (AvgIpc) is 2.67. The van der Waals surface area contributed by atoms with E-state index in [0.717, 1.165) is 56.2 Å². The van der Waals surface area contributed by atoms with Gasteiger partial charge < -0.3 is 15.4 Å². The summed E-state index contributed by atoms with van der Waals surface area (Å²) in [5, 5.41) is 7.17. The molecule has 6 heteroatoms. The highest BCUT2D eigenvalue weighted by molar-refractivity contribution is 6.29. The standard InChI is InChI=1S/C20H27ClN4O/c1-3-13-26-18-6-4-5-16(14-18)9-11-23-20(22-2)24-12-10-17-7-8-19(21)25-15-17/h4-8,14-15H,3,9-13H2,1-2H3,(H2,22,23,24). The van der Waals surface area contributed by atoms with E-state index in [9.17, 15) is 0 Å². The minimum atomic E-state index is 0.517. The van der Waals surface area contributed by atoms with Gasteiger partial charge in [-0.15, -0.1) is 0 Å². The average molecular weight is 375 g/mol. The number of guanidine groups is 1. The van der Waals surface area contributed by atoms with Crippen molar-refractivity contribution in [1.82, 2.24) is 15.6 Å². The first-order valence-electron chi connectivity index (χ1n) is 8.98. The Hall–Kier alpha value is -2.27. The van der Waals surface area contributed by atoms with Crippen molar-refractivity contribution in [2.24, 2.45) is 4.99 Å². The van der Waals surface area contributed by atoms with Gasteiger partial charge >= 0.3 is 0 Å². The van der Waals surface area contributed by atoms with Gasteiger partial charge in [-0.3, -0.25) is 4.99 Å². The zero-order valence-corrected chi connectivity index (χ0v) is 16.2. The molecule has 0 aliphatic heterocycles. The SMILES string of the molecule is CCCOc1cccc(CCNC(=NC)NCCc2ccc(Cl)nc2)c1. The largest absolute Gasteiger partial charge is 0.494 e. The van der Waals surface area contributed by atoms with Crippen LogP contribution in [0.5, 0.6) is 5.75 Å². The highest BCUT2D eigenvalue weighted by Crippen LogP contribution is 2.13. The van der Waals surface area contributed by atoms with Crippen LogP contribution in [0.3, 0.4) is 0 Å². The minimum Gasteiger partial charge on any atom is -0.494 e. The van der Waals surface area contributed by atoms with Crippen molar-refractivity contribution in [2.45, 2.75) is 26.2 Å². The molecule has 2 N–H and O–H groups in total. The normalized spacial score (nSPS) is 11.3. The molecule has 2 rings (SSSR count). The van der Waals surface area contributed by atoms with Crippen LogP contribution in [0, 0.1) is 0 Å². The van der Waals surface area contributed by atoms with Gasteiger partial charge in [-0.1, -0.05) is 36.7 Å². The summed E-state index contributed by atoms with van der Waals surface area (Å²) in [6.07, 6.45) is 4.58. The van der Waals surface area contributed by atoms with Crippen molar-refractivity contribution in [3.05, 3.63) is 58.9 Å². The fraction of sp³-hybridized carbons (Fsp3) is 0.400. The molecule has 0 bridgehead atoms. The summed E-state index contributed by atoms with van der Waals surface area (Å²) in [6, 6.07) is 12.0. The Morgan fingerprint density at radius 1 is 1.12 bits per heavy atom. The predicted octanol–water partition coefficient (Wildman–Crippen LogP) is 3.47. The van der Waals surface area contributed by atoms with Crippen molar-refractivity contribution in [3.8, 4) is 5.75 Å². The van der Waals surface area contributed by atoms with Crippen molar-refractivity contribution >= 4 is 17.6 Å².